The molecule has 0 aliphatic carbocycles. The number of nitrogens with zero attached hydrogens (tertiary/aromatic N) is 3. The molecule has 0 saturated carbocycles. The summed E-state index contributed by atoms with van der Waals surface area (Å²) in [6, 6.07) is 10.2. The van der Waals surface area contributed by atoms with Crippen molar-refractivity contribution in [2.75, 3.05) is 24.3 Å². The van der Waals surface area contributed by atoms with Gasteiger partial charge in [-0.2, -0.15) is 0 Å². The molecule has 4 heteroatoms. The van der Waals surface area contributed by atoms with Crippen LogP contribution in [0.4, 0.5) is 17.3 Å². The van der Waals surface area contributed by atoms with Crippen molar-refractivity contribution in [1.82, 2.24) is 9.97 Å². The Kier molecular flexibility index (Phi) is 4.00. The monoisotopic (exact) mass is 256 g/mol. The first kappa shape index (κ1) is 13.3. The first-order valence-electron chi connectivity index (χ1n) is 6.43. The summed E-state index contributed by atoms with van der Waals surface area (Å²) in [7, 11) is 3.93. The van der Waals surface area contributed by atoms with Gasteiger partial charge in [-0.05, 0) is 17.5 Å². The molecule has 0 aliphatic rings. The van der Waals surface area contributed by atoms with Crippen molar-refractivity contribution in [1.29, 1.82) is 0 Å². The van der Waals surface area contributed by atoms with E-state index < -0.39 is 0 Å². The maximum atomic E-state index is 4.27. The molecule has 0 amide bonds. The van der Waals surface area contributed by atoms with Crippen LogP contribution in [0.3, 0.4) is 0 Å². The van der Waals surface area contributed by atoms with E-state index in [2.05, 4.69) is 47.3 Å². The number of para-hydroxylation sites is 1. The summed E-state index contributed by atoms with van der Waals surface area (Å²) in [6.07, 6.45) is 1.58. The van der Waals surface area contributed by atoms with Gasteiger partial charge in [-0.1, -0.05) is 32.0 Å². The molecule has 1 N–H and O–H groups in total. The number of hydrogen-bond acceptors (Lipinski definition) is 4. The number of rotatable bonds is 4. The van der Waals surface area contributed by atoms with Crippen LogP contribution in [0.2, 0.25) is 0 Å². The van der Waals surface area contributed by atoms with Crippen molar-refractivity contribution >= 4 is 17.3 Å². The predicted molar refractivity (Wildman–Crippen MR) is 80.2 cm³/mol. The molecule has 1 heterocycles. The fourth-order valence-electron chi connectivity index (χ4n) is 1.91. The number of hydrogen-bond donors (Lipinski definition) is 1. The van der Waals surface area contributed by atoms with Crippen molar-refractivity contribution in [2.24, 2.45) is 0 Å². The van der Waals surface area contributed by atoms with Crippen LogP contribution in [0.5, 0.6) is 0 Å². The van der Waals surface area contributed by atoms with Crippen LogP contribution in [0, 0.1) is 0 Å². The van der Waals surface area contributed by atoms with Crippen LogP contribution in [-0.2, 0) is 0 Å². The van der Waals surface area contributed by atoms with E-state index in [4.69, 9.17) is 0 Å². The van der Waals surface area contributed by atoms with E-state index in [0.29, 0.717) is 5.92 Å². The molecule has 0 fully saturated rings. The fourth-order valence-corrected chi connectivity index (χ4v) is 1.91. The summed E-state index contributed by atoms with van der Waals surface area (Å²) in [5.41, 5.74) is 2.38. The Morgan fingerprint density at radius 3 is 2.53 bits per heavy atom. The number of anilines is 3. The van der Waals surface area contributed by atoms with Gasteiger partial charge in [0.2, 0.25) is 0 Å². The van der Waals surface area contributed by atoms with Gasteiger partial charge in [-0.25, -0.2) is 9.97 Å². The molecule has 0 saturated heterocycles. The van der Waals surface area contributed by atoms with Crippen LogP contribution in [0.15, 0.2) is 36.7 Å². The van der Waals surface area contributed by atoms with Gasteiger partial charge >= 0.3 is 0 Å². The van der Waals surface area contributed by atoms with Crippen LogP contribution in [0.25, 0.3) is 0 Å². The van der Waals surface area contributed by atoms with Crippen molar-refractivity contribution in [3.63, 3.8) is 0 Å². The largest absolute Gasteiger partial charge is 0.363 e. The maximum absolute atomic E-state index is 4.27. The predicted octanol–water partition coefficient (Wildman–Crippen LogP) is 3.41. The summed E-state index contributed by atoms with van der Waals surface area (Å²) in [5.74, 6) is 2.17. The molecule has 0 unspecified atom stereocenters. The zero-order valence-electron chi connectivity index (χ0n) is 11.9. The Morgan fingerprint density at radius 1 is 1.11 bits per heavy atom. The minimum absolute atomic E-state index is 0.471. The van der Waals surface area contributed by atoms with Gasteiger partial charge in [0.1, 0.15) is 18.0 Å². The van der Waals surface area contributed by atoms with E-state index in [-0.39, 0.29) is 0 Å². The molecule has 4 nitrogen and oxygen atoms in total. The number of nitrogens with one attached hydrogen (secondary N) is 1. The Labute approximate surface area is 114 Å². The van der Waals surface area contributed by atoms with Crippen LogP contribution < -0.4 is 10.2 Å². The zero-order chi connectivity index (χ0) is 13.8. The third-order valence-electron chi connectivity index (χ3n) is 2.96. The van der Waals surface area contributed by atoms with Crippen LogP contribution >= 0.6 is 0 Å². The first-order valence-corrected chi connectivity index (χ1v) is 6.43. The van der Waals surface area contributed by atoms with Crippen LogP contribution in [0.1, 0.15) is 25.3 Å². The molecule has 0 spiro atoms. The molecule has 0 bridgehead atoms. The van der Waals surface area contributed by atoms with Gasteiger partial charge < -0.3 is 10.2 Å². The molecule has 2 rings (SSSR count). The summed E-state index contributed by atoms with van der Waals surface area (Å²) in [4.78, 5) is 10.4. The molecule has 2 aromatic rings. The fraction of sp³-hybridized carbons (Fsp3) is 0.333. The number of aromatic nitrogens is 2. The van der Waals surface area contributed by atoms with Crippen molar-refractivity contribution in [2.45, 2.75) is 19.8 Å². The normalized spacial score (nSPS) is 10.6. The lowest BCUT2D eigenvalue weighted by Gasteiger charge is -2.15. The van der Waals surface area contributed by atoms with Crippen LogP contribution in [-0.4, -0.2) is 24.1 Å². The molecular weight excluding hydrogens is 236 g/mol. The van der Waals surface area contributed by atoms with E-state index in [1.807, 2.05) is 31.1 Å². The second-order valence-electron chi connectivity index (χ2n) is 5.02. The van der Waals surface area contributed by atoms with E-state index in [0.717, 1.165) is 17.3 Å². The van der Waals surface area contributed by atoms with Gasteiger partial charge in [0.05, 0.1) is 0 Å². The Bertz CT molecular complexity index is 549. The minimum Gasteiger partial charge on any atom is -0.363 e. The topological polar surface area (TPSA) is 41.0 Å². The lowest BCUT2D eigenvalue weighted by atomic mass is 10.0. The highest BCUT2D eigenvalue weighted by Crippen LogP contribution is 2.26. The number of benzene rings is 1. The molecule has 1 aromatic carbocycles. The van der Waals surface area contributed by atoms with Crippen molar-refractivity contribution in [3.8, 4) is 0 Å². The molecule has 19 heavy (non-hydrogen) atoms. The average molecular weight is 256 g/mol. The Morgan fingerprint density at radius 2 is 1.84 bits per heavy atom. The van der Waals surface area contributed by atoms with Gasteiger partial charge in [0, 0.05) is 25.8 Å². The molecule has 1 aromatic heterocycles. The smallest absolute Gasteiger partial charge is 0.135 e. The summed E-state index contributed by atoms with van der Waals surface area (Å²) >= 11 is 0. The third kappa shape index (κ3) is 3.22. The van der Waals surface area contributed by atoms with Gasteiger partial charge in [-0.15, -0.1) is 0 Å². The lowest BCUT2D eigenvalue weighted by Crippen LogP contribution is -2.11. The Balaban J connectivity index is 2.29. The zero-order valence-corrected chi connectivity index (χ0v) is 11.9. The SMILES string of the molecule is CC(C)c1ccccc1Nc1cc(N(C)C)ncn1. The highest BCUT2D eigenvalue weighted by molar-refractivity contribution is 5.63. The van der Waals surface area contributed by atoms with E-state index in [1.54, 1.807) is 6.33 Å². The molecule has 100 valence electrons. The van der Waals surface area contributed by atoms with E-state index >= 15 is 0 Å². The third-order valence-corrected chi connectivity index (χ3v) is 2.96. The standard InChI is InChI=1S/C15H20N4/c1-11(2)12-7-5-6-8-13(12)18-14-9-15(19(3)4)17-10-16-14/h5-11H,1-4H3,(H,16,17,18). The quantitative estimate of drug-likeness (QED) is 0.910. The maximum Gasteiger partial charge on any atom is 0.135 e. The highest BCUT2D eigenvalue weighted by atomic mass is 15.2. The second kappa shape index (κ2) is 5.69. The summed E-state index contributed by atoms with van der Waals surface area (Å²) in [5, 5.41) is 3.37. The van der Waals surface area contributed by atoms with E-state index in [9.17, 15) is 0 Å². The van der Waals surface area contributed by atoms with Gasteiger partial charge in [-0.3, -0.25) is 0 Å². The Hall–Kier alpha value is -2.10. The highest BCUT2D eigenvalue weighted by Gasteiger charge is 2.07. The second-order valence-corrected chi connectivity index (χ2v) is 5.02. The molecule has 0 aliphatic heterocycles. The summed E-state index contributed by atoms with van der Waals surface area (Å²) < 4.78 is 0. The van der Waals surface area contributed by atoms with Gasteiger partial charge in [0.25, 0.3) is 0 Å². The van der Waals surface area contributed by atoms with Crippen molar-refractivity contribution in [3.05, 3.63) is 42.2 Å². The van der Waals surface area contributed by atoms with E-state index in [1.165, 1.54) is 5.56 Å². The lowest BCUT2D eigenvalue weighted by molar-refractivity contribution is 0.869. The van der Waals surface area contributed by atoms with Crippen molar-refractivity contribution < 1.29 is 0 Å². The van der Waals surface area contributed by atoms with Gasteiger partial charge in [0.15, 0.2) is 0 Å². The summed E-state index contributed by atoms with van der Waals surface area (Å²) in [6.45, 7) is 4.37. The first-order chi connectivity index (χ1) is 9.08. The molecule has 0 atom stereocenters. The average Bonchev–Trinajstić information content (AvgIpc) is 2.39. The minimum atomic E-state index is 0.471. The molecular formula is C15H20N4. The molecule has 0 radical (unpaired) electrons.